The molecule has 0 atom stereocenters. The van der Waals surface area contributed by atoms with Crippen LogP contribution in [0.5, 0.6) is 0 Å². The number of carboxylic acid groups (broad SMARTS) is 1. The minimum atomic E-state index is -0.830. The van der Waals surface area contributed by atoms with Crippen molar-refractivity contribution in [2.45, 2.75) is 39.2 Å². The van der Waals surface area contributed by atoms with Crippen molar-refractivity contribution in [3.63, 3.8) is 0 Å². The van der Waals surface area contributed by atoms with Gasteiger partial charge in [-0.05, 0) is 50.7 Å². The van der Waals surface area contributed by atoms with Crippen LogP contribution in [0.4, 0.5) is 4.79 Å². The van der Waals surface area contributed by atoms with Gasteiger partial charge in [-0.15, -0.1) is 5.92 Å². The zero-order valence-corrected chi connectivity index (χ0v) is 14.3. The third-order valence-corrected chi connectivity index (χ3v) is 4.91. The van der Waals surface area contributed by atoms with Gasteiger partial charge in [-0.1, -0.05) is 11.1 Å². The van der Waals surface area contributed by atoms with E-state index in [1.807, 2.05) is 12.1 Å². The van der Waals surface area contributed by atoms with Crippen LogP contribution >= 0.6 is 0 Å². The molecule has 0 saturated carbocycles. The summed E-state index contributed by atoms with van der Waals surface area (Å²) in [6.45, 7) is 2.83. The fourth-order valence-corrected chi connectivity index (χ4v) is 3.45. The lowest BCUT2D eigenvalue weighted by atomic mass is 9.91. The zero-order valence-electron chi connectivity index (χ0n) is 14.3. The van der Waals surface area contributed by atoms with Gasteiger partial charge in [0, 0.05) is 29.6 Å². The monoisotopic (exact) mass is 342 g/mol. The number of aromatic nitrogens is 1. The largest absolute Gasteiger partial charge is 0.465 e. The van der Waals surface area contributed by atoms with Crippen molar-refractivity contribution in [1.29, 1.82) is 0 Å². The predicted molar refractivity (Wildman–Crippen MR) is 93.1 cm³/mol. The smallest absolute Gasteiger partial charge is 0.407 e. The van der Waals surface area contributed by atoms with Crippen LogP contribution in [0.3, 0.4) is 0 Å². The van der Waals surface area contributed by atoms with E-state index < -0.39 is 6.09 Å². The Morgan fingerprint density at radius 1 is 1.40 bits per heavy atom. The van der Waals surface area contributed by atoms with Gasteiger partial charge in [-0.2, -0.15) is 0 Å². The standard InChI is InChI=1S/C19H22N2O4/c1-2-3-14-5-6-15-17(20-25-18(15)16(14)12-22)7-4-13-8-10-21(11-9-13)19(23)24/h5-6,13,22H,4,7-12H2,1H3,(H,23,24). The lowest BCUT2D eigenvalue weighted by Crippen LogP contribution is -2.37. The van der Waals surface area contributed by atoms with Crippen molar-refractivity contribution >= 4 is 17.1 Å². The molecule has 1 saturated heterocycles. The summed E-state index contributed by atoms with van der Waals surface area (Å²) in [4.78, 5) is 12.4. The summed E-state index contributed by atoms with van der Waals surface area (Å²) >= 11 is 0. The summed E-state index contributed by atoms with van der Waals surface area (Å²) in [5.41, 5.74) is 2.95. The summed E-state index contributed by atoms with van der Waals surface area (Å²) in [6.07, 6.45) is 2.69. The maximum atomic E-state index is 11.0. The van der Waals surface area contributed by atoms with Crippen LogP contribution in [-0.2, 0) is 13.0 Å². The number of likely N-dealkylation sites (tertiary alicyclic amines) is 1. The summed E-state index contributed by atoms with van der Waals surface area (Å²) in [6, 6.07) is 3.85. The highest BCUT2D eigenvalue weighted by atomic mass is 16.5. The first-order valence-corrected chi connectivity index (χ1v) is 8.55. The predicted octanol–water partition coefficient (Wildman–Crippen LogP) is 3.01. The second-order valence-electron chi connectivity index (χ2n) is 6.38. The molecule has 0 radical (unpaired) electrons. The number of benzene rings is 1. The van der Waals surface area contributed by atoms with Gasteiger partial charge in [0.1, 0.15) is 0 Å². The summed E-state index contributed by atoms with van der Waals surface area (Å²) in [5, 5.41) is 23.8. The van der Waals surface area contributed by atoms with Gasteiger partial charge >= 0.3 is 6.09 Å². The van der Waals surface area contributed by atoms with Crippen LogP contribution in [-0.4, -0.2) is 39.5 Å². The molecule has 0 unspecified atom stereocenters. The molecular formula is C19H22N2O4. The van der Waals surface area contributed by atoms with Gasteiger partial charge in [0.2, 0.25) is 0 Å². The fourth-order valence-electron chi connectivity index (χ4n) is 3.45. The quantitative estimate of drug-likeness (QED) is 0.834. The van der Waals surface area contributed by atoms with Gasteiger partial charge < -0.3 is 19.6 Å². The Morgan fingerprint density at radius 2 is 2.16 bits per heavy atom. The van der Waals surface area contributed by atoms with Gasteiger partial charge in [0.05, 0.1) is 12.3 Å². The van der Waals surface area contributed by atoms with Gasteiger partial charge in [-0.25, -0.2) is 4.79 Å². The number of amides is 1. The van der Waals surface area contributed by atoms with E-state index in [4.69, 9.17) is 9.63 Å². The fraction of sp³-hybridized carbons (Fsp3) is 0.474. The van der Waals surface area contributed by atoms with Gasteiger partial charge in [0.15, 0.2) is 5.58 Å². The molecule has 1 aromatic carbocycles. The van der Waals surface area contributed by atoms with E-state index >= 15 is 0 Å². The van der Waals surface area contributed by atoms with Crippen molar-refractivity contribution in [3.8, 4) is 11.8 Å². The Balaban J connectivity index is 1.70. The van der Waals surface area contributed by atoms with Crippen LogP contribution in [0.15, 0.2) is 16.7 Å². The van der Waals surface area contributed by atoms with E-state index in [1.54, 1.807) is 6.92 Å². The average Bonchev–Trinajstić information content (AvgIpc) is 3.03. The first-order chi connectivity index (χ1) is 12.1. The number of carbonyl (C=O) groups is 1. The maximum Gasteiger partial charge on any atom is 0.407 e. The second kappa shape index (κ2) is 7.58. The Kier molecular flexibility index (Phi) is 5.25. The summed E-state index contributed by atoms with van der Waals surface area (Å²) < 4.78 is 5.48. The normalized spacial score (nSPS) is 15.2. The van der Waals surface area contributed by atoms with Crippen molar-refractivity contribution in [2.75, 3.05) is 13.1 Å². The SMILES string of the molecule is CC#Cc1ccc2c(CCC3CCN(C(=O)O)CC3)noc2c1CO. The van der Waals surface area contributed by atoms with E-state index in [0.29, 0.717) is 30.2 Å². The molecule has 1 aliphatic rings. The Morgan fingerprint density at radius 3 is 2.80 bits per heavy atom. The Bertz CT molecular complexity index is 823. The number of piperidine rings is 1. The molecule has 25 heavy (non-hydrogen) atoms. The Hall–Kier alpha value is -2.52. The zero-order chi connectivity index (χ0) is 17.8. The molecule has 2 N–H and O–H groups in total. The molecule has 1 aliphatic heterocycles. The second-order valence-corrected chi connectivity index (χ2v) is 6.38. The van der Waals surface area contributed by atoms with Crippen molar-refractivity contribution < 1.29 is 19.5 Å². The molecule has 1 aromatic heterocycles. The number of hydrogen-bond acceptors (Lipinski definition) is 4. The van der Waals surface area contributed by atoms with E-state index in [0.717, 1.165) is 42.3 Å². The number of aliphatic hydroxyl groups excluding tert-OH is 1. The number of aryl methyl sites for hydroxylation is 1. The molecule has 1 fully saturated rings. The number of fused-ring (bicyclic) bond motifs is 1. The van der Waals surface area contributed by atoms with E-state index in [1.165, 1.54) is 4.90 Å². The van der Waals surface area contributed by atoms with Crippen LogP contribution < -0.4 is 0 Å². The third-order valence-electron chi connectivity index (χ3n) is 4.91. The van der Waals surface area contributed by atoms with Crippen LogP contribution in [0.1, 0.15) is 43.0 Å². The van der Waals surface area contributed by atoms with E-state index in [2.05, 4.69) is 17.0 Å². The number of nitrogens with zero attached hydrogens (tertiary/aromatic N) is 2. The van der Waals surface area contributed by atoms with E-state index in [-0.39, 0.29) is 6.61 Å². The van der Waals surface area contributed by atoms with E-state index in [9.17, 15) is 9.90 Å². The van der Waals surface area contributed by atoms with Crippen LogP contribution in [0.25, 0.3) is 11.0 Å². The molecule has 2 aromatic rings. The molecule has 3 rings (SSSR count). The summed E-state index contributed by atoms with van der Waals surface area (Å²) in [5.74, 6) is 6.32. The molecule has 6 heteroatoms. The molecular weight excluding hydrogens is 320 g/mol. The topological polar surface area (TPSA) is 86.8 Å². The molecule has 0 bridgehead atoms. The minimum absolute atomic E-state index is 0.135. The minimum Gasteiger partial charge on any atom is -0.465 e. The lowest BCUT2D eigenvalue weighted by molar-refractivity contribution is 0.123. The highest BCUT2D eigenvalue weighted by Gasteiger charge is 2.23. The van der Waals surface area contributed by atoms with Crippen molar-refractivity contribution in [2.24, 2.45) is 5.92 Å². The molecule has 6 nitrogen and oxygen atoms in total. The molecule has 132 valence electrons. The van der Waals surface area contributed by atoms with Crippen molar-refractivity contribution in [3.05, 3.63) is 29.0 Å². The number of hydrogen-bond donors (Lipinski definition) is 2. The highest BCUT2D eigenvalue weighted by Crippen LogP contribution is 2.28. The first-order valence-electron chi connectivity index (χ1n) is 8.55. The highest BCUT2D eigenvalue weighted by molar-refractivity contribution is 5.84. The molecule has 2 heterocycles. The average molecular weight is 342 g/mol. The van der Waals surface area contributed by atoms with Gasteiger partial charge in [0.25, 0.3) is 0 Å². The third kappa shape index (κ3) is 3.62. The number of aliphatic hydroxyl groups is 1. The molecule has 0 spiro atoms. The summed E-state index contributed by atoms with van der Waals surface area (Å²) in [7, 11) is 0. The molecule has 0 aliphatic carbocycles. The molecule has 1 amide bonds. The van der Waals surface area contributed by atoms with Crippen LogP contribution in [0.2, 0.25) is 0 Å². The van der Waals surface area contributed by atoms with Crippen molar-refractivity contribution in [1.82, 2.24) is 10.1 Å². The number of rotatable bonds is 4. The van der Waals surface area contributed by atoms with Crippen LogP contribution in [0, 0.1) is 17.8 Å². The lowest BCUT2D eigenvalue weighted by Gasteiger charge is -2.29. The maximum absolute atomic E-state index is 11.0. The first kappa shape index (κ1) is 17.3. The van der Waals surface area contributed by atoms with Gasteiger partial charge in [-0.3, -0.25) is 0 Å². The Labute approximate surface area is 146 Å².